The Morgan fingerprint density at radius 3 is 2.32 bits per heavy atom. The maximum absolute atomic E-state index is 13.0. The normalized spacial score (nSPS) is 22.1. The molecule has 0 amide bonds. The van der Waals surface area contributed by atoms with Gasteiger partial charge < -0.3 is 4.74 Å². The maximum Gasteiger partial charge on any atom is 0.328 e. The molecule has 0 spiro atoms. The molecule has 1 aromatic heterocycles. The van der Waals surface area contributed by atoms with Crippen LogP contribution in [0.5, 0.6) is 0 Å². The lowest BCUT2D eigenvalue weighted by Crippen LogP contribution is -2.47. The lowest BCUT2D eigenvalue weighted by Gasteiger charge is -2.39. The van der Waals surface area contributed by atoms with Crippen LogP contribution in [-0.4, -0.2) is 17.0 Å². The Bertz CT molecular complexity index is 919. The summed E-state index contributed by atoms with van der Waals surface area (Å²) in [5, 5.41) is 1.15. The first kappa shape index (κ1) is 19.0. The van der Waals surface area contributed by atoms with Gasteiger partial charge in [0.05, 0.1) is 10.6 Å². The molecule has 1 aliphatic rings. The standard InChI is InChI=1S/C23H20O3S2/c24-19-16-23(18-10-5-2-6-11-18,14-13-17-8-3-1-4-9-17)26-22(25)21(19)28-20-12-7-15-27-20/h1-12,15,21H,13-14,16H2. The topological polar surface area (TPSA) is 43.4 Å². The molecule has 1 aliphatic heterocycles. The summed E-state index contributed by atoms with van der Waals surface area (Å²) in [6.07, 6.45) is 1.52. The first-order valence-electron chi connectivity index (χ1n) is 9.21. The van der Waals surface area contributed by atoms with E-state index in [-0.39, 0.29) is 12.2 Å². The van der Waals surface area contributed by atoms with Gasteiger partial charge >= 0.3 is 5.97 Å². The summed E-state index contributed by atoms with van der Waals surface area (Å²) in [6, 6.07) is 23.6. The largest absolute Gasteiger partial charge is 0.453 e. The van der Waals surface area contributed by atoms with Crippen LogP contribution in [0.25, 0.3) is 0 Å². The Kier molecular flexibility index (Phi) is 5.64. The van der Waals surface area contributed by atoms with E-state index in [1.165, 1.54) is 23.1 Å². The second-order valence-electron chi connectivity index (χ2n) is 6.84. The number of carbonyl (C=O) groups is 2. The predicted octanol–water partition coefficient (Wildman–Crippen LogP) is 5.25. The van der Waals surface area contributed by atoms with Crippen molar-refractivity contribution in [1.29, 1.82) is 0 Å². The highest BCUT2D eigenvalue weighted by molar-refractivity contribution is 8.03. The number of hydrogen-bond acceptors (Lipinski definition) is 5. The SMILES string of the molecule is O=C1CC(CCc2ccccc2)(c2ccccc2)OC(=O)C1Sc1cccs1. The van der Waals surface area contributed by atoms with Crippen LogP contribution in [0.4, 0.5) is 0 Å². The number of rotatable bonds is 6. The number of esters is 1. The van der Waals surface area contributed by atoms with Crippen LogP contribution in [0.1, 0.15) is 24.0 Å². The highest BCUT2D eigenvalue weighted by Crippen LogP contribution is 2.42. The van der Waals surface area contributed by atoms with E-state index >= 15 is 0 Å². The lowest BCUT2D eigenvalue weighted by atomic mass is 9.81. The Labute approximate surface area is 172 Å². The number of aryl methyl sites for hydroxylation is 1. The zero-order chi connectivity index (χ0) is 19.4. The van der Waals surface area contributed by atoms with Crippen LogP contribution >= 0.6 is 23.1 Å². The molecule has 2 atom stereocenters. The van der Waals surface area contributed by atoms with Gasteiger partial charge in [0.2, 0.25) is 0 Å². The van der Waals surface area contributed by atoms with Gasteiger partial charge in [-0.1, -0.05) is 78.5 Å². The van der Waals surface area contributed by atoms with E-state index in [1.807, 2.05) is 66.0 Å². The Morgan fingerprint density at radius 1 is 0.964 bits per heavy atom. The van der Waals surface area contributed by atoms with Gasteiger partial charge in [-0.3, -0.25) is 9.59 Å². The highest BCUT2D eigenvalue weighted by atomic mass is 32.2. The van der Waals surface area contributed by atoms with Crippen molar-refractivity contribution in [2.75, 3.05) is 0 Å². The number of ketones is 1. The zero-order valence-electron chi connectivity index (χ0n) is 15.2. The van der Waals surface area contributed by atoms with E-state index in [2.05, 4.69) is 12.1 Å². The molecule has 5 heteroatoms. The smallest absolute Gasteiger partial charge is 0.328 e. The number of thioether (sulfide) groups is 1. The van der Waals surface area contributed by atoms with Crippen molar-refractivity contribution in [3.63, 3.8) is 0 Å². The number of thiophene rings is 1. The molecular formula is C23H20O3S2. The second-order valence-corrected chi connectivity index (χ2v) is 9.19. The van der Waals surface area contributed by atoms with Gasteiger partial charge in [0.25, 0.3) is 0 Å². The minimum Gasteiger partial charge on any atom is -0.453 e. The predicted molar refractivity (Wildman–Crippen MR) is 113 cm³/mol. The number of ether oxygens (including phenoxy) is 1. The first-order valence-corrected chi connectivity index (χ1v) is 11.0. The van der Waals surface area contributed by atoms with Crippen LogP contribution in [0.2, 0.25) is 0 Å². The number of carbonyl (C=O) groups excluding carboxylic acids is 2. The van der Waals surface area contributed by atoms with Crippen LogP contribution in [0.15, 0.2) is 82.4 Å². The van der Waals surface area contributed by atoms with Crippen LogP contribution < -0.4 is 0 Å². The Hall–Kier alpha value is -2.37. The van der Waals surface area contributed by atoms with E-state index in [9.17, 15) is 9.59 Å². The number of cyclic esters (lactones) is 1. The average Bonchev–Trinajstić information content (AvgIpc) is 3.24. The van der Waals surface area contributed by atoms with E-state index in [0.29, 0.717) is 6.42 Å². The molecule has 3 aromatic rings. The molecule has 142 valence electrons. The van der Waals surface area contributed by atoms with Crippen molar-refractivity contribution < 1.29 is 14.3 Å². The van der Waals surface area contributed by atoms with Gasteiger partial charge in [-0.15, -0.1) is 11.3 Å². The molecule has 2 unspecified atom stereocenters. The molecule has 2 heterocycles. The quantitative estimate of drug-likeness (QED) is 0.413. The van der Waals surface area contributed by atoms with Crippen molar-refractivity contribution in [3.05, 3.63) is 89.3 Å². The average molecular weight is 409 g/mol. The van der Waals surface area contributed by atoms with Crippen LogP contribution in [0.3, 0.4) is 0 Å². The monoisotopic (exact) mass is 408 g/mol. The van der Waals surface area contributed by atoms with Crippen molar-refractivity contribution in [2.24, 2.45) is 0 Å². The molecule has 1 saturated heterocycles. The van der Waals surface area contributed by atoms with E-state index < -0.39 is 16.8 Å². The van der Waals surface area contributed by atoms with Crippen molar-refractivity contribution >= 4 is 34.9 Å². The lowest BCUT2D eigenvalue weighted by molar-refractivity contribution is -0.171. The number of hydrogen-bond donors (Lipinski definition) is 0. The minimum atomic E-state index is -0.905. The molecule has 2 aromatic carbocycles. The third-order valence-electron chi connectivity index (χ3n) is 4.95. The molecule has 0 bridgehead atoms. The minimum absolute atomic E-state index is 0.0634. The summed E-state index contributed by atoms with van der Waals surface area (Å²) in [4.78, 5) is 25.9. The highest BCUT2D eigenvalue weighted by Gasteiger charge is 2.48. The number of benzene rings is 2. The molecular weight excluding hydrogens is 388 g/mol. The fourth-order valence-corrected chi connectivity index (χ4v) is 5.40. The fourth-order valence-electron chi connectivity index (χ4n) is 3.53. The molecule has 28 heavy (non-hydrogen) atoms. The first-order chi connectivity index (χ1) is 13.7. The molecule has 3 nitrogen and oxygen atoms in total. The van der Waals surface area contributed by atoms with Gasteiger partial charge in [-0.25, -0.2) is 0 Å². The maximum atomic E-state index is 13.0. The summed E-state index contributed by atoms with van der Waals surface area (Å²) >= 11 is 2.82. The van der Waals surface area contributed by atoms with Crippen LogP contribution in [-0.2, 0) is 26.3 Å². The molecule has 1 fully saturated rings. The molecule has 4 rings (SSSR count). The van der Waals surface area contributed by atoms with E-state index in [0.717, 1.165) is 21.8 Å². The summed E-state index contributed by atoms with van der Waals surface area (Å²) in [6.45, 7) is 0. The molecule has 0 saturated carbocycles. The third-order valence-corrected chi connectivity index (χ3v) is 7.25. The summed E-state index contributed by atoms with van der Waals surface area (Å²) < 4.78 is 6.99. The van der Waals surface area contributed by atoms with Crippen LogP contribution in [0, 0.1) is 0 Å². The molecule has 0 radical (unpaired) electrons. The summed E-state index contributed by atoms with van der Waals surface area (Å²) in [7, 11) is 0. The van der Waals surface area contributed by atoms with E-state index in [1.54, 1.807) is 0 Å². The third kappa shape index (κ3) is 4.05. The summed E-state index contributed by atoms with van der Waals surface area (Å²) in [5.41, 5.74) is 1.14. The van der Waals surface area contributed by atoms with Gasteiger partial charge in [0.1, 0.15) is 5.60 Å². The zero-order valence-corrected chi connectivity index (χ0v) is 16.9. The van der Waals surface area contributed by atoms with Gasteiger partial charge in [-0.2, -0.15) is 0 Å². The van der Waals surface area contributed by atoms with Gasteiger partial charge in [0, 0.05) is 0 Å². The van der Waals surface area contributed by atoms with E-state index in [4.69, 9.17) is 4.74 Å². The second kappa shape index (κ2) is 8.33. The van der Waals surface area contributed by atoms with Crippen molar-refractivity contribution in [3.8, 4) is 0 Å². The Morgan fingerprint density at radius 2 is 1.68 bits per heavy atom. The van der Waals surface area contributed by atoms with Crippen molar-refractivity contribution in [1.82, 2.24) is 0 Å². The molecule has 0 aliphatic carbocycles. The Balaban J connectivity index is 1.59. The van der Waals surface area contributed by atoms with Gasteiger partial charge in [0.15, 0.2) is 11.0 Å². The van der Waals surface area contributed by atoms with Crippen molar-refractivity contribution in [2.45, 2.75) is 34.3 Å². The molecule has 0 N–H and O–H groups in total. The fraction of sp³-hybridized carbons (Fsp3) is 0.217. The van der Waals surface area contributed by atoms with Gasteiger partial charge in [-0.05, 0) is 35.4 Å². The number of Topliss-reactive ketones (excluding diaryl/α,β-unsaturated/α-hetero) is 1. The summed E-state index contributed by atoms with van der Waals surface area (Å²) in [5.74, 6) is -0.502.